The van der Waals surface area contributed by atoms with Gasteiger partial charge in [-0.3, -0.25) is 0 Å². The third kappa shape index (κ3) is 2.58. The number of hydrogen-bond donors (Lipinski definition) is 2. The monoisotopic (exact) mass is 272 g/mol. The van der Waals surface area contributed by atoms with Gasteiger partial charge in [-0.25, -0.2) is 9.59 Å². The Labute approximate surface area is 111 Å². The van der Waals surface area contributed by atoms with Gasteiger partial charge in [-0.1, -0.05) is 13.3 Å². The zero-order valence-corrected chi connectivity index (χ0v) is 11.5. The minimum absolute atomic E-state index is 0.230. The SMILES string of the molecule is CCC1(CNC(=O)N2CSC[C@H]2C(=O)O)CCC1. The van der Waals surface area contributed by atoms with Gasteiger partial charge in [0.25, 0.3) is 0 Å². The van der Waals surface area contributed by atoms with E-state index in [9.17, 15) is 9.59 Å². The van der Waals surface area contributed by atoms with Crippen molar-refractivity contribution in [2.45, 2.75) is 38.6 Å². The number of nitrogens with one attached hydrogen (secondary N) is 1. The van der Waals surface area contributed by atoms with Gasteiger partial charge in [0.2, 0.25) is 0 Å². The number of carboxylic acid groups (broad SMARTS) is 1. The lowest BCUT2D eigenvalue weighted by molar-refractivity contribution is -0.140. The molecule has 1 atom stereocenters. The molecule has 2 amide bonds. The molecule has 6 heteroatoms. The van der Waals surface area contributed by atoms with Gasteiger partial charge in [-0.15, -0.1) is 11.8 Å². The summed E-state index contributed by atoms with van der Waals surface area (Å²) in [5.74, 6) is 0.0489. The highest BCUT2D eigenvalue weighted by molar-refractivity contribution is 7.99. The summed E-state index contributed by atoms with van der Waals surface area (Å²) < 4.78 is 0. The summed E-state index contributed by atoms with van der Waals surface area (Å²) in [7, 11) is 0. The molecule has 1 aliphatic heterocycles. The molecule has 1 heterocycles. The first-order chi connectivity index (χ1) is 8.58. The quantitative estimate of drug-likeness (QED) is 0.818. The lowest BCUT2D eigenvalue weighted by Gasteiger charge is -2.41. The molecule has 2 rings (SSSR count). The molecular formula is C12H20N2O3S. The molecule has 0 unspecified atom stereocenters. The molecular weight excluding hydrogens is 252 g/mol. The first-order valence-electron chi connectivity index (χ1n) is 6.43. The summed E-state index contributed by atoms with van der Waals surface area (Å²) in [5.41, 5.74) is 0.265. The topological polar surface area (TPSA) is 69.6 Å². The lowest BCUT2D eigenvalue weighted by Crippen LogP contribution is -2.50. The normalized spacial score (nSPS) is 25.6. The third-order valence-electron chi connectivity index (χ3n) is 4.21. The van der Waals surface area contributed by atoms with Crippen LogP contribution in [0.3, 0.4) is 0 Å². The Morgan fingerprint density at radius 1 is 1.50 bits per heavy atom. The van der Waals surface area contributed by atoms with Gasteiger partial charge < -0.3 is 15.3 Å². The molecule has 102 valence electrons. The van der Waals surface area contributed by atoms with Crippen LogP contribution in [0.2, 0.25) is 0 Å². The van der Waals surface area contributed by atoms with E-state index in [-0.39, 0.29) is 11.4 Å². The fraction of sp³-hybridized carbons (Fsp3) is 0.833. The molecule has 1 aliphatic carbocycles. The number of urea groups is 1. The van der Waals surface area contributed by atoms with Crippen molar-refractivity contribution < 1.29 is 14.7 Å². The summed E-state index contributed by atoms with van der Waals surface area (Å²) in [6.07, 6.45) is 4.65. The average molecular weight is 272 g/mol. The van der Waals surface area contributed by atoms with E-state index < -0.39 is 12.0 Å². The zero-order valence-electron chi connectivity index (χ0n) is 10.6. The molecule has 5 nitrogen and oxygen atoms in total. The van der Waals surface area contributed by atoms with Gasteiger partial charge in [0.1, 0.15) is 6.04 Å². The Hall–Kier alpha value is -0.910. The number of carbonyl (C=O) groups is 2. The van der Waals surface area contributed by atoms with Crippen molar-refractivity contribution in [1.29, 1.82) is 0 Å². The maximum absolute atomic E-state index is 12.0. The van der Waals surface area contributed by atoms with Crippen LogP contribution in [0.1, 0.15) is 32.6 Å². The second-order valence-corrected chi connectivity index (χ2v) is 6.19. The molecule has 1 saturated heterocycles. The highest BCUT2D eigenvalue weighted by Gasteiger charge is 2.38. The first-order valence-corrected chi connectivity index (χ1v) is 7.58. The van der Waals surface area contributed by atoms with Crippen LogP contribution in [0.5, 0.6) is 0 Å². The van der Waals surface area contributed by atoms with E-state index in [0.717, 1.165) is 6.42 Å². The second-order valence-electron chi connectivity index (χ2n) is 5.19. The fourth-order valence-corrected chi connectivity index (χ4v) is 3.69. The number of aliphatic carboxylic acids is 1. The van der Waals surface area contributed by atoms with Crippen LogP contribution in [-0.2, 0) is 4.79 Å². The minimum atomic E-state index is -0.913. The number of thioether (sulfide) groups is 1. The molecule has 2 aliphatic rings. The van der Waals surface area contributed by atoms with E-state index in [2.05, 4.69) is 12.2 Å². The first kappa shape index (κ1) is 13.5. The van der Waals surface area contributed by atoms with Gasteiger partial charge in [0, 0.05) is 12.3 Å². The van der Waals surface area contributed by atoms with Gasteiger partial charge >= 0.3 is 12.0 Å². The van der Waals surface area contributed by atoms with Crippen molar-refractivity contribution in [2.24, 2.45) is 5.41 Å². The smallest absolute Gasteiger partial charge is 0.327 e. The van der Waals surface area contributed by atoms with Gasteiger partial charge in [0.05, 0.1) is 5.88 Å². The Morgan fingerprint density at radius 3 is 2.72 bits per heavy atom. The maximum Gasteiger partial charge on any atom is 0.327 e. The van der Waals surface area contributed by atoms with E-state index in [1.807, 2.05) is 0 Å². The maximum atomic E-state index is 12.0. The van der Waals surface area contributed by atoms with Gasteiger partial charge in [0.15, 0.2) is 0 Å². The number of rotatable bonds is 4. The summed E-state index contributed by atoms with van der Waals surface area (Å²) >= 11 is 1.49. The molecule has 0 aromatic heterocycles. The number of carboxylic acids is 1. The summed E-state index contributed by atoms with van der Waals surface area (Å²) in [6, 6.07) is -0.902. The predicted octanol–water partition coefficient (Wildman–Crippen LogP) is 1.74. The largest absolute Gasteiger partial charge is 0.480 e. The third-order valence-corrected chi connectivity index (χ3v) is 5.22. The van der Waals surface area contributed by atoms with Crippen LogP contribution in [0.15, 0.2) is 0 Å². The summed E-state index contributed by atoms with van der Waals surface area (Å²) in [4.78, 5) is 24.4. The van der Waals surface area contributed by atoms with E-state index in [4.69, 9.17) is 5.11 Å². The molecule has 0 aromatic rings. The Bertz CT molecular complexity index is 339. The molecule has 0 spiro atoms. The van der Waals surface area contributed by atoms with Crippen molar-refractivity contribution in [1.82, 2.24) is 10.2 Å². The molecule has 2 N–H and O–H groups in total. The molecule has 2 fully saturated rings. The molecule has 18 heavy (non-hydrogen) atoms. The van der Waals surface area contributed by atoms with Crippen LogP contribution in [0.4, 0.5) is 4.79 Å². The highest BCUT2D eigenvalue weighted by Crippen LogP contribution is 2.43. The predicted molar refractivity (Wildman–Crippen MR) is 70.6 cm³/mol. The van der Waals surface area contributed by atoms with Crippen molar-refractivity contribution in [3.8, 4) is 0 Å². The number of nitrogens with zero attached hydrogens (tertiary/aromatic N) is 1. The number of amides is 2. The molecule has 1 saturated carbocycles. The molecule has 0 aromatic carbocycles. The van der Waals surface area contributed by atoms with Crippen LogP contribution in [0, 0.1) is 5.41 Å². The second kappa shape index (κ2) is 5.38. The standard InChI is InChI=1S/C12H20N2O3S/c1-2-12(4-3-5-12)7-13-11(17)14-8-18-6-9(14)10(15)16/h9H,2-8H2,1H3,(H,13,17)(H,15,16)/t9-/m0/s1. The number of carbonyl (C=O) groups excluding carboxylic acids is 1. The van der Waals surface area contributed by atoms with Gasteiger partial charge in [-0.05, 0) is 24.7 Å². The van der Waals surface area contributed by atoms with E-state index in [1.54, 1.807) is 0 Å². The minimum Gasteiger partial charge on any atom is -0.480 e. The Morgan fingerprint density at radius 2 is 2.22 bits per heavy atom. The van der Waals surface area contributed by atoms with Crippen molar-refractivity contribution in [3.63, 3.8) is 0 Å². The Balaban J connectivity index is 1.86. The van der Waals surface area contributed by atoms with E-state index >= 15 is 0 Å². The molecule has 0 bridgehead atoms. The van der Waals surface area contributed by atoms with Crippen LogP contribution in [0.25, 0.3) is 0 Å². The van der Waals surface area contributed by atoms with E-state index in [0.29, 0.717) is 18.2 Å². The summed E-state index contributed by atoms with van der Waals surface area (Å²) in [5, 5.41) is 11.9. The zero-order chi connectivity index (χ0) is 13.2. The van der Waals surface area contributed by atoms with E-state index in [1.165, 1.54) is 35.9 Å². The van der Waals surface area contributed by atoms with Crippen molar-refractivity contribution >= 4 is 23.8 Å². The molecule has 0 radical (unpaired) electrons. The van der Waals surface area contributed by atoms with Crippen molar-refractivity contribution in [2.75, 3.05) is 18.2 Å². The lowest BCUT2D eigenvalue weighted by atomic mass is 9.67. The number of hydrogen-bond acceptors (Lipinski definition) is 3. The average Bonchev–Trinajstić information content (AvgIpc) is 2.76. The summed E-state index contributed by atoms with van der Waals surface area (Å²) in [6.45, 7) is 2.83. The van der Waals surface area contributed by atoms with Crippen molar-refractivity contribution in [3.05, 3.63) is 0 Å². The highest BCUT2D eigenvalue weighted by atomic mass is 32.2. The van der Waals surface area contributed by atoms with Crippen LogP contribution in [-0.4, -0.2) is 46.2 Å². The van der Waals surface area contributed by atoms with Crippen LogP contribution < -0.4 is 5.32 Å². The van der Waals surface area contributed by atoms with Gasteiger partial charge in [-0.2, -0.15) is 0 Å². The van der Waals surface area contributed by atoms with Crippen LogP contribution >= 0.6 is 11.8 Å². The fourth-order valence-electron chi connectivity index (χ4n) is 2.54. The Kier molecular flexibility index (Phi) is 4.04.